The zero-order chi connectivity index (χ0) is 16.4. The molecule has 0 atom stereocenters. The fraction of sp³-hybridized carbons (Fsp3) is 1.00. The highest BCUT2D eigenvalue weighted by Gasteiger charge is 2.08. The van der Waals surface area contributed by atoms with Crippen LogP contribution in [0.5, 0.6) is 0 Å². The molecule has 2 heteroatoms. The van der Waals surface area contributed by atoms with E-state index in [1.165, 1.54) is 116 Å². The average Bonchev–Trinajstić information content (AvgIpc) is 2.57. The Hall–Kier alpha value is -0.400. The van der Waals surface area contributed by atoms with E-state index in [1.807, 2.05) is 0 Å². The number of nitrogens with zero attached hydrogens (tertiary/aromatic N) is 1. The summed E-state index contributed by atoms with van der Waals surface area (Å²) < 4.78 is 0. The first-order valence-electron chi connectivity index (χ1n) is 10.7. The molecule has 136 valence electrons. The lowest BCUT2D eigenvalue weighted by Crippen LogP contribution is -2.03. The van der Waals surface area contributed by atoms with Gasteiger partial charge in [0, 0.05) is 0 Å². The fourth-order valence-electron chi connectivity index (χ4n) is 4.01. The fourth-order valence-corrected chi connectivity index (χ4v) is 4.01. The molecule has 1 aliphatic carbocycles. The Labute approximate surface area is 145 Å². The van der Waals surface area contributed by atoms with Crippen LogP contribution in [0.4, 0.5) is 0 Å². The molecule has 23 heavy (non-hydrogen) atoms. The number of rotatable bonds is 3. The molecule has 1 rings (SSSR count). The van der Waals surface area contributed by atoms with Gasteiger partial charge in [-0.15, -0.1) is 0 Å². The normalized spacial score (nSPS) is 22.6. The predicted octanol–water partition coefficient (Wildman–Crippen LogP) is 7.79. The Bertz CT molecular complexity index is 234. The lowest BCUT2D eigenvalue weighted by molar-refractivity contribution is 0.384. The molecule has 1 fully saturated rings. The van der Waals surface area contributed by atoms with Crippen molar-refractivity contribution >= 4 is 0 Å². The summed E-state index contributed by atoms with van der Waals surface area (Å²) in [6.07, 6.45) is 26.5. The highest BCUT2D eigenvalue weighted by atomic mass is 16.3. The Morgan fingerprint density at radius 2 is 0.826 bits per heavy atom. The van der Waals surface area contributed by atoms with Crippen molar-refractivity contribution in [3.05, 3.63) is 4.91 Å². The van der Waals surface area contributed by atoms with E-state index in [9.17, 15) is 4.91 Å². The summed E-state index contributed by atoms with van der Waals surface area (Å²) in [5, 5.41) is 3.09. The van der Waals surface area contributed by atoms with Gasteiger partial charge < -0.3 is 0 Å². The molecule has 1 aliphatic rings. The van der Waals surface area contributed by atoms with Crippen molar-refractivity contribution in [2.45, 2.75) is 122 Å². The third-order valence-electron chi connectivity index (χ3n) is 5.60. The van der Waals surface area contributed by atoms with E-state index in [4.69, 9.17) is 0 Å². The van der Waals surface area contributed by atoms with E-state index in [1.54, 1.807) is 0 Å². The maximum Gasteiger partial charge on any atom is 0.0813 e. The molecule has 0 aromatic carbocycles. The first-order chi connectivity index (χ1) is 11.4. The van der Waals surface area contributed by atoms with Gasteiger partial charge in [0.1, 0.15) is 0 Å². The summed E-state index contributed by atoms with van der Waals surface area (Å²) in [4.78, 5) is 10.4. The third-order valence-corrected chi connectivity index (χ3v) is 5.60. The van der Waals surface area contributed by atoms with Crippen LogP contribution in [0.1, 0.15) is 122 Å². The maximum atomic E-state index is 10.4. The second-order valence-corrected chi connectivity index (χ2v) is 7.74. The Morgan fingerprint density at radius 3 is 1.13 bits per heavy atom. The van der Waals surface area contributed by atoms with Crippen LogP contribution in [-0.2, 0) is 0 Å². The Kier molecular flexibility index (Phi) is 14.8. The second kappa shape index (κ2) is 16.5. The minimum Gasteiger partial charge on any atom is -0.151 e. The van der Waals surface area contributed by atoms with Gasteiger partial charge >= 0.3 is 0 Å². The summed E-state index contributed by atoms with van der Waals surface area (Å²) >= 11 is 0. The van der Waals surface area contributed by atoms with Gasteiger partial charge in [-0.25, -0.2) is 0 Å². The molecule has 0 spiro atoms. The van der Waals surface area contributed by atoms with Crippen LogP contribution in [0.3, 0.4) is 0 Å². The number of nitroso groups, excluding NO2 is 1. The highest BCUT2D eigenvalue weighted by Crippen LogP contribution is 2.22. The number of hydrogen-bond acceptors (Lipinski definition) is 2. The SMILES string of the molecule is O=NCCC1CCCCCCCCCCCCCCCCCC1. The lowest BCUT2D eigenvalue weighted by Gasteiger charge is -2.15. The highest BCUT2D eigenvalue weighted by molar-refractivity contribution is 4.63. The van der Waals surface area contributed by atoms with E-state index < -0.39 is 0 Å². The minimum absolute atomic E-state index is 0.532. The summed E-state index contributed by atoms with van der Waals surface area (Å²) in [6, 6.07) is 0. The van der Waals surface area contributed by atoms with Crippen molar-refractivity contribution in [3.8, 4) is 0 Å². The predicted molar refractivity (Wildman–Crippen MR) is 102 cm³/mol. The number of hydrogen-bond donors (Lipinski definition) is 0. The molecule has 0 saturated heterocycles. The average molecular weight is 324 g/mol. The summed E-state index contributed by atoms with van der Waals surface area (Å²) in [5.74, 6) is 0.759. The van der Waals surface area contributed by atoms with Gasteiger partial charge in [-0.2, -0.15) is 4.91 Å². The van der Waals surface area contributed by atoms with Crippen LogP contribution < -0.4 is 0 Å². The maximum absolute atomic E-state index is 10.4. The van der Waals surface area contributed by atoms with E-state index >= 15 is 0 Å². The first kappa shape index (κ1) is 20.6. The Morgan fingerprint density at radius 1 is 0.522 bits per heavy atom. The van der Waals surface area contributed by atoms with E-state index in [0.717, 1.165) is 12.3 Å². The van der Waals surface area contributed by atoms with Gasteiger partial charge in [-0.3, -0.25) is 0 Å². The van der Waals surface area contributed by atoms with Crippen molar-refractivity contribution < 1.29 is 0 Å². The van der Waals surface area contributed by atoms with Crippen LogP contribution in [0.15, 0.2) is 5.18 Å². The zero-order valence-electron chi connectivity index (χ0n) is 15.6. The van der Waals surface area contributed by atoms with Crippen LogP contribution >= 0.6 is 0 Å². The minimum atomic E-state index is 0.532. The smallest absolute Gasteiger partial charge is 0.0813 e. The van der Waals surface area contributed by atoms with Crippen LogP contribution in [-0.4, -0.2) is 6.54 Å². The largest absolute Gasteiger partial charge is 0.151 e. The van der Waals surface area contributed by atoms with Gasteiger partial charge in [-0.05, 0) is 12.3 Å². The third kappa shape index (κ3) is 13.7. The topological polar surface area (TPSA) is 29.4 Å². The van der Waals surface area contributed by atoms with Gasteiger partial charge in [0.2, 0.25) is 0 Å². The summed E-state index contributed by atoms with van der Waals surface area (Å²) in [6.45, 7) is 0.532. The quantitative estimate of drug-likeness (QED) is 0.487. The van der Waals surface area contributed by atoms with Gasteiger partial charge in [0.15, 0.2) is 0 Å². The molecular formula is C21H41NO. The Balaban J connectivity index is 2.22. The summed E-state index contributed by atoms with van der Waals surface area (Å²) in [7, 11) is 0. The molecule has 0 aromatic rings. The van der Waals surface area contributed by atoms with Crippen LogP contribution in [0.2, 0.25) is 0 Å². The standard InChI is InChI=1S/C21H41NO/c23-22-20-19-21-17-15-13-11-9-7-5-3-1-2-4-6-8-10-12-14-16-18-21/h21H,1-20H2. The molecular weight excluding hydrogens is 282 g/mol. The lowest BCUT2D eigenvalue weighted by atomic mass is 9.91. The second-order valence-electron chi connectivity index (χ2n) is 7.74. The van der Waals surface area contributed by atoms with Crippen molar-refractivity contribution in [2.24, 2.45) is 11.1 Å². The molecule has 0 N–H and O–H groups in total. The molecule has 0 aromatic heterocycles. The first-order valence-corrected chi connectivity index (χ1v) is 10.7. The van der Waals surface area contributed by atoms with Gasteiger partial charge in [0.05, 0.1) is 6.54 Å². The van der Waals surface area contributed by atoms with Crippen LogP contribution in [0.25, 0.3) is 0 Å². The molecule has 0 radical (unpaired) electrons. The molecule has 0 aliphatic heterocycles. The van der Waals surface area contributed by atoms with Crippen molar-refractivity contribution in [2.75, 3.05) is 6.54 Å². The molecule has 2 nitrogen and oxygen atoms in total. The molecule has 0 bridgehead atoms. The van der Waals surface area contributed by atoms with Crippen molar-refractivity contribution in [3.63, 3.8) is 0 Å². The zero-order valence-corrected chi connectivity index (χ0v) is 15.6. The van der Waals surface area contributed by atoms with Gasteiger partial charge in [0.25, 0.3) is 0 Å². The van der Waals surface area contributed by atoms with E-state index in [-0.39, 0.29) is 0 Å². The van der Waals surface area contributed by atoms with Gasteiger partial charge in [-0.1, -0.05) is 121 Å². The van der Waals surface area contributed by atoms with Crippen molar-refractivity contribution in [1.82, 2.24) is 0 Å². The summed E-state index contributed by atoms with van der Waals surface area (Å²) in [5.41, 5.74) is 0. The van der Waals surface area contributed by atoms with E-state index in [0.29, 0.717) is 6.54 Å². The molecule has 0 heterocycles. The van der Waals surface area contributed by atoms with E-state index in [2.05, 4.69) is 5.18 Å². The molecule has 0 unspecified atom stereocenters. The van der Waals surface area contributed by atoms with Crippen molar-refractivity contribution in [1.29, 1.82) is 0 Å². The monoisotopic (exact) mass is 323 g/mol. The van der Waals surface area contributed by atoms with Crippen LogP contribution in [0, 0.1) is 10.8 Å². The molecule has 0 amide bonds. The molecule has 1 saturated carbocycles.